The number of carbonyl (C=O) groups is 1. The number of aromatic nitrogens is 4. The van der Waals surface area contributed by atoms with Crippen molar-refractivity contribution < 1.29 is 14.5 Å². The normalized spacial score (nSPS) is 22.1. The van der Waals surface area contributed by atoms with Crippen LogP contribution in [0.4, 0.5) is 22.2 Å². The smallest absolute Gasteiger partial charge is 0.410 e. The molecule has 2 saturated carbocycles. The standard InChI is InChI=1S/C28H37N9O4/c29-18-5-7-19(8-6-18)32-27-33-25(24-26(34-27)36(17-30-24)21-3-1-2-4-21)31-20-13-15-35(16-14-20)28(38)41-23-11-9-22(10-12-23)37(39)40/h9-12,17-21H,1-8,13-16,29H2,(H2,31,32,33,34). The molecule has 1 aromatic carbocycles. The zero-order chi connectivity index (χ0) is 28.3. The number of nitrogens with one attached hydrogen (secondary N) is 2. The second-order valence-electron chi connectivity index (χ2n) is 11.4. The van der Waals surface area contributed by atoms with E-state index in [4.69, 9.17) is 25.4 Å². The van der Waals surface area contributed by atoms with Gasteiger partial charge in [-0.25, -0.2) is 9.78 Å². The molecule has 41 heavy (non-hydrogen) atoms. The van der Waals surface area contributed by atoms with E-state index in [1.165, 1.54) is 37.1 Å². The summed E-state index contributed by atoms with van der Waals surface area (Å²) in [6.45, 7) is 1.03. The van der Waals surface area contributed by atoms with Crippen molar-refractivity contribution in [2.45, 2.75) is 88.4 Å². The van der Waals surface area contributed by atoms with Gasteiger partial charge >= 0.3 is 6.09 Å². The zero-order valence-corrected chi connectivity index (χ0v) is 23.1. The molecule has 2 aromatic heterocycles. The lowest BCUT2D eigenvalue weighted by Gasteiger charge is -2.32. The van der Waals surface area contributed by atoms with Crippen molar-refractivity contribution >= 4 is 34.7 Å². The number of hydrogen-bond acceptors (Lipinski definition) is 10. The maximum Gasteiger partial charge on any atom is 0.415 e. The molecule has 3 aliphatic rings. The first-order valence-corrected chi connectivity index (χ1v) is 14.7. The van der Waals surface area contributed by atoms with Crippen LogP contribution >= 0.6 is 0 Å². The Balaban J connectivity index is 1.13. The van der Waals surface area contributed by atoms with Crippen LogP contribution in [0.3, 0.4) is 0 Å². The first-order chi connectivity index (χ1) is 19.9. The number of likely N-dealkylation sites (tertiary alicyclic amines) is 1. The molecule has 3 fully saturated rings. The Morgan fingerprint density at radius 1 is 0.951 bits per heavy atom. The van der Waals surface area contributed by atoms with Gasteiger partial charge in [0.2, 0.25) is 5.95 Å². The molecule has 218 valence electrons. The second kappa shape index (κ2) is 11.9. The number of nitro groups is 1. The number of non-ortho nitro benzene ring substituents is 1. The quantitative estimate of drug-likeness (QED) is 0.273. The first kappa shape index (κ1) is 27.2. The minimum absolute atomic E-state index is 0.0510. The number of imidazole rings is 1. The summed E-state index contributed by atoms with van der Waals surface area (Å²) in [4.78, 5) is 39.3. The first-order valence-electron chi connectivity index (χ1n) is 14.7. The molecule has 13 heteroatoms. The topological polar surface area (TPSA) is 166 Å². The van der Waals surface area contributed by atoms with E-state index in [0.29, 0.717) is 49.8 Å². The van der Waals surface area contributed by atoms with E-state index in [1.54, 1.807) is 4.90 Å². The van der Waals surface area contributed by atoms with Crippen molar-refractivity contribution in [1.29, 1.82) is 0 Å². The molecule has 1 saturated heterocycles. The third-order valence-electron chi connectivity index (χ3n) is 8.59. The Labute approximate surface area is 238 Å². The molecule has 6 rings (SSSR count). The van der Waals surface area contributed by atoms with E-state index >= 15 is 0 Å². The van der Waals surface area contributed by atoms with E-state index in [0.717, 1.165) is 49.7 Å². The van der Waals surface area contributed by atoms with Crippen molar-refractivity contribution in [2.75, 3.05) is 23.7 Å². The fraction of sp³-hybridized carbons (Fsp3) is 0.571. The highest BCUT2D eigenvalue weighted by Crippen LogP contribution is 2.34. The Morgan fingerprint density at radius 2 is 1.63 bits per heavy atom. The average molecular weight is 564 g/mol. The third kappa shape index (κ3) is 6.19. The SMILES string of the molecule is NC1CCC(Nc2nc(NC3CCN(C(=O)Oc4ccc([N+](=O)[O-])cc4)CC3)c3ncn(C4CCCC4)c3n2)CC1. The number of carbonyl (C=O) groups excluding carboxylic acids is 1. The van der Waals surface area contributed by atoms with Gasteiger partial charge in [0.1, 0.15) is 5.75 Å². The lowest BCUT2D eigenvalue weighted by atomic mass is 9.92. The van der Waals surface area contributed by atoms with Gasteiger partial charge in [0.05, 0.1) is 11.3 Å². The van der Waals surface area contributed by atoms with Crippen LogP contribution in [0.15, 0.2) is 30.6 Å². The number of amides is 1. The molecule has 1 amide bonds. The highest BCUT2D eigenvalue weighted by Gasteiger charge is 2.28. The summed E-state index contributed by atoms with van der Waals surface area (Å²) in [5.41, 5.74) is 7.69. The number of fused-ring (bicyclic) bond motifs is 1. The number of hydrogen-bond donors (Lipinski definition) is 3. The lowest BCUT2D eigenvalue weighted by molar-refractivity contribution is -0.384. The Kier molecular flexibility index (Phi) is 7.86. The summed E-state index contributed by atoms with van der Waals surface area (Å²) >= 11 is 0. The van der Waals surface area contributed by atoms with E-state index in [-0.39, 0.29) is 23.5 Å². The van der Waals surface area contributed by atoms with Gasteiger partial charge in [0.25, 0.3) is 5.69 Å². The number of piperidine rings is 1. The summed E-state index contributed by atoms with van der Waals surface area (Å²) in [6, 6.07) is 6.60. The number of anilines is 2. The molecule has 2 aliphatic carbocycles. The summed E-state index contributed by atoms with van der Waals surface area (Å²) in [5, 5.41) is 18.0. The Hall–Kier alpha value is -4.00. The average Bonchev–Trinajstić information content (AvgIpc) is 3.65. The lowest BCUT2D eigenvalue weighted by Crippen LogP contribution is -2.43. The van der Waals surface area contributed by atoms with Crippen molar-refractivity contribution in [3.63, 3.8) is 0 Å². The van der Waals surface area contributed by atoms with Crippen LogP contribution in [-0.4, -0.2) is 66.7 Å². The Bertz CT molecular complexity index is 1370. The van der Waals surface area contributed by atoms with Gasteiger partial charge in [-0.05, 0) is 63.5 Å². The van der Waals surface area contributed by atoms with Crippen LogP contribution in [0.2, 0.25) is 0 Å². The second-order valence-corrected chi connectivity index (χ2v) is 11.4. The molecule has 0 unspecified atom stereocenters. The number of rotatable bonds is 7. The fourth-order valence-electron chi connectivity index (χ4n) is 6.18. The molecular formula is C28H37N9O4. The van der Waals surface area contributed by atoms with E-state index < -0.39 is 11.0 Å². The number of benzene rings is 1. The Morgan fingerprint density at radius 3 is 2.32 bits per heavy atom. The number of nitro benzene ring substituents is 1. The fourth-order valence-corrected chi connectivity index (χ4v) is 6.18. The molecule has 0 bridgehead atoms. The molecule has 3 heterocycles. The zero-order valence-electron chi connectivity index (χ0n) is 23.1. The maximum absolute atomic E-state index is 12.7. The van der Waals surface area contributed by atoms with E-state index in [1.807, 2.05) is 6.33 Å². The highest BCUT2D eigenvalue weighted by atomic mass is 16.6. The molecule has 13 nitrogen and oxygen atoms in total. The van der Waals surface area contributed by atoms with Crippen LogP contribution < -0.4 is 21.1 Å². The van der Waals surface area contributed by atoms with E-state index in [9.17, 15) is 14.9 Å². The van der Waals surface area contributed by atoms with Crippen molar-refractivity contribution in [3.8, 4) is 5.75 Å². The summed E-state index contributed by atoms with van der Waals surface area (Å²) in [5.74, 6) is 1.61. The minimum Gasteiger partial charge on any atom is -0.410 e. The van der Waals surface area contributed by atoms with Crippen LogP contribution in [0.5, 0.6) is 5.75 Å². The van der Waals surface area contributed by atoms with Gasteiger partial charge in [0, 0.05) is 49.4 Å². The molecule has 0 spiro atoms. The largest absolute Gasteiger partial charge is 0.415 e. The van der Waals surface area contributed by atoms with Gasteiger partial charge < -0.3 is 30.6 Å². The van der Waals surface area contributed by atoms with Gasteiger partial charge in [-0.3, -0.25) is 10.1 Å². The maximum atomic E-state index is 12.7. The summed E-state index contributed by atoms with van der Waals surface area (Å²) < 4.78 is 7.66. The van der Waals surface area contributed by atoms with Crippen molar-refractivity contribution in [2.24, 2.45) is 5.73 Å². The number of nitrogens with two attached hydrogens (primary N) is 1. The molecular weight excluding hydrogens is 526 g/mol. The monoisotopic (exact) mass is 563 g/mol. The minimum atomic E-state index is -0.487. The van der Waals surface area contributed by atoms with Gasteiger partial charge in [-0.2, -0.15) is 9.97 Å². The van der Waals surface area contributed by atoms with Crippen molar-refractivity contribution in [3.05, 3.63) is 40.7 Å². The van der Waals surface area contributed by atoms with Gasteiger partial charge in [-0.1, -0.05) is 12.8 Å². The third-order valence-corrected chi connectivity index (χ3v) is 8.59. The van der Waals surface area contributed by atoms with Crippen molar-refractivity contribution in [1.82, 2.24) is 24.4 Å². The summed E-state index contributed by atoms with van der Waals surface area (Å²) in [7, 11) is 0. The van der Waals surface area contributed by atoms with Gasteiger partial charge in [-0.15, -0.1) is 0 Å². The van der Waals surface area contributed by atoms with Crippen LogP contribution in [0.1, 0.15) is 70.3 Å². The van der Waals surface area contributed by atoms with Crippen LogP contribution in [0.25, 0.3) is 11.2 Å². The van der Waals surface area contributed by atoms with Crippen LogP contribution in [-0.2, 0) is 0 Å². The predicted molar refractivity (Wildman–Crippen MR) is 154 cm³/mol. The predicted octanol–water partition coefficient (Wildman–Crippen LogP) is 4.61. The molecule has 0 atom stereocenters. The summed E-state index contributed by atoms with van der Waals surface area (Å²) in [6.07, 6.45) is 11.6. The van der Waals surface area contributed by atoms with E-state index in [2.05, 4.69) is 15.2 Å². The molecule has 0 radical (unpaired) electrons. The number of ether oxygens (including phenoxy) is 1. The molecule has 3 aromatic rings. The number of nitrogens with zero attached hydrogens (tertiary/aromatic N) is 6. The molecule has 1 aliphatic heterocycles. The molecule has 4 N–H and O–H groups in total. The highest BCUT2D eigenvalue weighted by molar-refractivity contribution is 5.84. The van der Waals surface area contributed by atoms with Crippen LogP contribution in [0, 0.1) is 10.1 Å². The van der Waals surface area contributed by atoms with Gasteiger partial charge in [0.15, 0.2) is 17.0 Å².